The second-order valence-electron chi connectivity index (χ2n) is 4.47. The summed E-state index contributed by atoms with van der Waals surface area (Å²) in [5.41, 5.74) is 7.00. The van der Waals surface area contributed by atoms with Crippen molar-refractivity contribution < 1.29 is 4.92 Å². The maximum atomic E-state index is 10.8. The van der Waals surface area contributed by atoms with Crippen molar-refractivity contribution in [3.05, 3.63) is 31.9 Å². The lowest BCUT2D eigenvalue weighted by Gasteiger charge is -2.37. The molecule has 0 amide bonds. The Labute approximate surface area is 120 Å². The standard InChI is InChI=1S/C12H16IN3O2/c13-11-7-9(4-5-12(11)16(17)18)15-6-2-1-3-10(15)8-14/h4-5,7,10H,1-3,6,8,14H2. The van der Waals surface area contributed by atoms with E-state index in [4.69, 9.17) is 5.73 Å². The monoisotopic (exact) mass is 361 g/mol. The average molecular weight is 361 g/mol. The first-order valence-electron chi connectivity index (χ1n) is 6.04. The van der Waals surface area contributed by atoms with Gasteiger partial charge in [-0.2, -0.15) is 0 Å². The van der Waals surface area contributed by atoms with E-state index in [2.05, 4.69) is 4.90 Å². The van der Waals surface area contributed by atoms with Crippen molar-refractivity contribution in [3.8, 4) is 0 Å². The first kappa shape index (κ1) is 13.5. The molecule has 0 bridgehead atoms. The molecule has 5 nitrogen and oxygen atoms in total. The van der Waals surface area contributed by atoms with E-state index in [1.807, 2.05) is 34.7 Å². The number of hydrogen-bond acceptors (Lipinski definition) is 4. The Morgan fingerprint density at radius 1 is 1.50 bits per heavy atom. The predicted octanol–water partition coefficient (Wildman–Crippen LogP) is 2.52. The number of rotatable bonds is 3. The molecule has 0 saturated carbocycles. The molecule has 1 saturated heterocycles. The minimum atomic E-state index is -0.345. The van der Waals surface area contributed by atoms with E-state index in [0.717, 1.165) is 25.1 Å². The predicted molar refractivity (Wildman–Crippen MR) is 79.9 cm³/mol. The van der Waals surface area contributed by atoms with Crippen molar-refractivity contribution in [3.63, 3.8) is 0 Å². The number of halogens is 1. The van der Waals surface area contributed by atoms with Crippen LogP contribution in [0.3, 0.4) is 0 Å². The van der Waals surface area contributed by atoms with E-state index in [1.54, 1.807) is 6.07 Å². The largest absolute Gasteiger partial charge is 0.367 e. The Balaban J connectivity index is 2.27. The fraction of sp³-hybridized carbons (Fsp3) is 0.500. The third-order valence-corrected chi connectivity index (χ3v) is 4.22. The number of nitrogens with two attached hydrogens (primary N) is 1. The third-order valence-electron chi connectivity index (χ3n) is 3.36. The summed E-state index contributed by atoms with van der Waals surface area (Å²) in [6.07, 6.45) is 3.47. The van der Waals surface area contributed by atoms with Crippen LogP contribution in [0, 0.1) is 13.7 Å². The summed E-state index contributed by atoms with van der Waals surface area (Å²) in [5.74, 6) is 0. The van der Waals surface area contributed by atoms with Gasteiger partial charge in [0.05, 0.1) is 8.49 Å². The number of anilines is 1. The quantitative estimate of drug-likeness (QED) is 0.510. The van der Waals surface area contributed by atoms with Gasteiger partial charge >= 0.3 is 0 Å². The molecular weight excluding hydrogens is 345 g/mol. The number of benzene rings is 1. The molecule has 18 heavy (non-hydrogen) atoms. The lowest BCUT2D eigenvalue weighted by Crippen LogP contribution is -2.44. The summed E-state index contributed by atoms with van der Waals surface area (Å²) in [6, 6.07) is 5.65. The zero-order valence-corrected chi connectivity index (χ0v) is 12.2. The molecule has 6 heteroatoms. The summed E-state index contributed by atoms with van der Waals surface area (Å²) < 4.78 is 0.677. The van der Waals surface area contributed by atoms with Gasteiger partial charge in [-0.1, -0.05) is 0 Å². The van der Waals surface area contributed by atoms with Crippen LogP contribution in [0.15, 0.2) is 18.2 Å². The second-order valence-corrected chi connectivity index (χ2v) is 5.63. The smallest absolute Gasteiger partial charge is 0.282 e. The first-order chi connectivity index (χ1) is 8.63. The van der Waals surface area contributed by atoms with Crippen molar-refractivity contribution >= 4 is 34.0 Å². The molecule has 2 rings (SSSR count). The van der Waals surface area contributed by atoms with Gasteiger partial charge in [-0.25, -0.2) is 0 Å². The molecule has 1 aromatic rings. The van der Waals surface area contributed by atoms with E-state index in [1.165, 1.54) is 6.42 Å². The summed E-state index contributed by atoms with van der Waals surface area (Å²) >= 11 is 2.02. The van der Waals surface area contributed by atoms with Crippen LogP contribution in [-0.2, 0) is 0 Å². The van der Waals surface area contributed by atoms with Crippen LogP contribution in [0.4, 0.5) is 11.4 Å². The highest BCUT2D eigenvalue weighted by Gasteiger charge is 2.23. The lowest BCUT2D eigenvalue weighted by atomic mass is 10.0. The Kier molecular flexibility index (Phi) is 4.39. The van der Waals surface area contributed by atoms with E-state index in [9.17, 15) is 10.1 Å². The van der Waals surface area contributed by atoms with Crippen LogP contribution in [0.5, 0.6) is 0 Å². The van der Waals surface area contributed by atoms with Crippen molar-refractivity contribution in [1.29, 1.82) is 0 Å². The fourth-order valence-corrected chi connectivity index (χ4v) is 3.10. The van der Waals surface area contributed by atoms with Gasteiger partial charge in [0, 0.05) is 30.9 Å². The zero-order chi connectivity index (χ0) is 13.1. The van der Waals surface area contributed by atoms with Crippen molar-refractivity contribution in [2.24, 2.45) is 5.73 Å². The maximum Gasteiger partial charge on any atom is 0.282 e. The maximum absolute atomic E-state index is 10.8. The van der Waals surface area contributed by atoms with E-state index in [-0.39, 0.29) is 10.6 Å². The van der Waals surface area contributed by atoms with Crippen molar-refractivity contribution in [2.75, 3.05) is 18.0 Å². The number of hydrogen-bond donors (Lipinski definition) is 1. The molecule has 1 atom stereocenters. The van der Waals surface area contributed by atoms with Crippen LogP contribution in [0.2, 0.25) is 0 Å². The third kappa shape index (κ3) is 2.74. The van der Waals surface area contributed by atoms with Crippen LogP contribution >= 0.6 is 22.6 Å². The molecule has 1 aliphatic rings. The lowest BCUT2D eigenvalue weighted by molar-refractivity contribution is -0.385. The Morgan fingerprint density at radius 2 is 2.28 bits per heavy atom. The molecule has 1 unspecified atom stereocenters. The molecule has 0 radical (unpaired) electrons. The Bertz CT molecular complexity index is 453. The highest BCUT2D eigenvalue weighted by molar-refractivity contribution is 14.1. The highest BCUT2D eigenvalue weighted by atomic mass is 127. The topological polar surface area (TPSA) is 72.4 Å². The van der Waals surface area contributed by atoms with Crippen LogP contribution in [-0.4, -0.2) is 24.1 Å². The highest BCUT2D eigenvalue weighted by Crippen LogP contribution is 2.29. The van der Waals surface area contributed by atoms with Gasteiger partial charge in [0.15, 0.2) is 0 Å². The fourth-order valence-electron chi connectivity index (χ4n) is 2.41. The summed E-state index contributed by atoms with van der Waals surface area (Å²) in [4.78, 5) is 12.7. The molecule has 2 N–H and O–H groups in total. The number of nitrogens with zero attached hydrogens (tertiary/aromatic N) is 2. The van der Waals surface area contributed by atoms with Crippen molar-refractivity contribution in [1.82, 2.24) is 0 Å². The number of piperidine rings is 1. The molecule has 1 heterocycles. The van der Waals surface area contributed by atoms with Crippen LogP contribution in [0.1, 0.15) is 19.3 Å². The van der Waals surface area contributed by atoms with Gasteiger partial charge in [-0.15, -0.1) is 0 Å². The van der Waals surface area contributed by atoms with E-state index >= 15 is 0 Å². The molecule has 0 aliphatic carbocycles. The SMILES string of the molecule is NCC1CCCCN1c1ccc([N+](=O)[O-])c(I)c1. The molecule has 1 fully saturated rings. The first-order valence-corrected chi connectivity index (χ1v) is 7.12. The number of nitro groups is 1. The van der Waals surface area contributed by atoms with Crippen molar-refractivity contribution in [2.45, 2.75) is 25.3 Å². The molecule has 98 valence electrons. The van der Waals surface area contributed by atoms with Gasteiger partial charge in [0.25, 0.3) is 5.69 Å². The summed E-state index contributed by atoms with van der Waals surface area (Å²) in [7, 11) is 0. The van der Waals surface area contributed by atoms with Gasteiger partial charge < -0.3 is 10.6 Å². The Morgan fingerprint density at radius 3 is 2.89 bits per heavy atom. The number of nitro benzene ring substituents is 1. The second kappa shape index (κ2) is 5.83. The summed E-state index contributed by atoms with van der Waals surface area (Å²) in [5, 5.41) is 10.8. The van der Waals surface area contributed by atoms with E-state index < -0.39 is 0 Å². The van der Waals surface area contributed by atoms with Gasteiger partial charge in [-0.05, 0) is 54.0 Å². The molecular formula is C12H16IN3O2. The molecule has 1 aliphatic heterocycles. The Hall–Kier alpha value is -0.890. The summed E-state index contributed by atoms with van der Waals surface area (Å²) in [6.45, 7) is 1.61. The average Bonchev–Trinajstić information content (AvgIpc) is 2.38. The van der Waals surface area contributed by atoms with E-state index in [0.29, 0.717) is 16.2 Å². The minimum Gasteiger partial charge on any atom is -0.367 e. The van der Waals surface area contributed by atoms with Gasteiger partial charge in [0.1, 0.15) is 0 Å². The zero-order valence-electron chi connectivity index (χ0n) is 10.0. The van der Waals surface area contributed by atoms with Crippen LogP contribution < -0.4 is 10.6 Å². The normalized spacial score (nSPS) is 19.9. The van der Waals surface area contributed by atoms with Crippen LogP contribution in [0.25, 0.3) is 0 Å². The van der Waals surface area contributed by atoms with Gasteiger partial charge in [-0.3, -0.25) is 10.1 Å². The molecule has 0 spiro atoms. The minimum absolute atomic E-state index is 0.167. The molecule has 1 aromatic carbocycles. The molecule has 0 aromatic heterocycles. The van der Waals surface area contributed by atoms with Gasteiger partial charge in [0.2, 0.25) is 0 Å².